The Balaban J connectivity index is 2.37. The van der Waals surface area contributed by atoms with E-state index in [9.17, 15) is 14.6 Å². The largest absolute Gasteiger partial charge is 0.488 e. The molecular weight excluding hydrogens is 263 g/mol. The Bertz CT molecular complexity index is 395. The van der Waals surface area contributed by atoms with Crippen LogP contribution in [0, 0.1) is 5.82 Å². The Morgan fingerprint density at radius 3 is 2.60 bits per heavy atom. The second kappa shape index (κ2) is 8.89. The molecule has 4 nitrogen and oxygen atoms in total. The van der Waals surface area contributed by atoms with Crippen molar-refractivity contribution in [2.75, 3.05) is 19.8 Å². The van der Waals surface area contributed by atoms with E-state index in [1.165, 1.54) is 12.1 Å². The number of rotatable bonds is 9. The second-order valence-electron chi connectivity index (χ2n) is 4.76. The molecule has 1 rings (SSSR count). The fourth-order valence-corrected chi connectivity index (χ4v) is 1.59. The van der Waals surface area contributed by atoms with Crippen LogP contribution in [0.5, 0.6) is 5.75 Å². The zero-order chi connectivity index (χ0) is 15.0. The first-order valence-corrected chi connectivity index (χ1v) is 6.90. The minimum Gasteiger partial charge on any atom is -0.488 e. The highest BCUT2D eigenvalue weighted by Crippen LogP contribution is 2.22. The predicted octanol–water partition coefficient (Wildman–Crippen LogP) is 2.44. The summed E-state index contributed by atoms with van der Waals surface area (Å²) in [4.78, 5) is 0. The topological polar surface area (TPSA) is 58.9 Å². The molecule has 0 fully saturated rings. The van der Waals surface area contributed by atoms with Crippen molar-refractivity contribution in [3.05, 3.63) is 29.6 Å². The first-order chi connectivity index (χ1) is 9.54. The number of hydrogen-bond donors (Lipinski definition) is 2. The fraction of sp³-hybridized carbons (Fsp3) is 0.600. The van der Waals surface area contributed by atoms with Gasteiger partial charge < -0.3 is 19.7 Å². The van der Waals surface area contributed by atoms with E-state index in [0.29, 0.717) is 12.2 Å². The SMILES string of the molecule is CCCCOCC(O)COc1ccc(C(C)O)cc1F. The van der Waals surface area contributed by atoms with Crippen LogP contribution in [0.25, 0.3) is 0 Å². The maximum Gasteiger partial charge on any atom is 0.165 e. The molecule has 0 radical (unpaired) electrons. The lowest BCUT2D eigenvalue weighted by Crippen LogP contribution is -2.24. The predicted molar refractivity (Wildman–Crippen MR) is 74.3 cm³/mol. The highest BCUT2D eigenvalue weighted by Gasteiger charge is 2.10. The van der Waals surface area contributed by atoms with Crippen LogP contribution < -0.4 is 4.74 Å². The average molecular weight is 286 g/mol. The van der Waals surface area contributed by atoms with E-state index in [1.807, 2.05) is 0 Å². The van der Waals surface area contributed by atoms with Crippen molar-refractivity contribution in [1.29, 1.82) is 0 Å². The van der Waals surface area contributed by atoms with E-state index in [1.54, 1.807) is 13.0 Å². The molecule has 1 aromatic carbocycles. The molecule has 0 aliphatic rings. The van der Waals surface area contributed by atoms with Gasteiger partial charge in [0.15, 0.2) is 11.6 Å². The van der Waals surface area contributed by atoms with Crippen molar-refractivity contribution in [3.63, 3.8) is 0 Å². The molecule has 0 bridgehead atoms. The minimum atomic E-state index is -0.789. The summed E-state index contributed by atoms with van der Waals surface area (Å²) in [6, 6.07) is 4.26. The average Bonchev–Trinajstić information content (AvgIpc) is 2.42. The Morgan fingerprint density at radius 1 is 1.25 bits per heavy atom. The highest BCUT2D eigenvalue weighted by atomic mass is 19.1. The van der Waals surface area contributed by atoms with E-state index in [0.717, 1.165) is 12.8 Å². The first kappa shape index (κ1) is 16.9. The van der Waals surface area contributed by atoms with E-state index in [2.05, 4.69) is 6.92 Å². The third-order valence-corrected chi connectivity index (χ3v) is 2.82. The van der Waals surface area contributed by atoms with Gasteiger partial charge in [0.1, 0.15) is 12.7 Å². The fourth-order valence-electron chi connectivity index (χ4n) is 1.59. The lowest BCUT2D eigenvalue weighted by molar-refractivity contribution is 0.0106. The molecule has 0 saturated carbocycles. The van der Waals surface area contributed by atoms with Crippen molar-refractivity contribution in [2.24, 2.45) is 0 Å². The quantitative estimate of drug-likeness (QED) is 0.685. The molecule has 2 atom stereocenters. The van der Waals surface area contributed by atoms with Gasteiger partial charge in [-0.25, -0.2) is 4.39 Å². The number of aliphatic hydroxyl groups is 2. The zero-order valence-corrected chi connectivity index (χ0v) is 12.0. The maximum atomic E-state index is 13.7. The van der Waals surface area contributed by atoms with Gasteiger partial charge in [0, 0.05) is 6.61 Å². The standard InChI is InChI=1S/C15H23FO4/c1-3-4-7-19-9-13(18)10-20-15-6-5-12(11(2)17)8-14(15)16/h5-6,8,11,13,17-18H,3-4,7,9-10H2,1-2H3. The third kappa shape index (κ3) is 5.86. The van der Waals surface area contributed by atoms with Gasteiger partial charge in [-0.3, -0.25) is 0 Å². The summed E-state index contributed by atoms with van der Waals surface area (Å²) in [6.45, 7) is 4.37. The van der Waals surface area contributed by atoms with Crippen molar-refractivity contribution >= 4 is 0 Å². The Labute approximate surface area is 119 Å². The molecule has 0 aliphatic carbocycles. The number of unbranched alkanes of at least 4 members (excludes halogenated alkanes) is 1. The molecular formula is C15H23FO4. The zero-order valence-electron chi connectivity index (χ0n) is 12.0. The summed E-state index contributed by atoms with van der Waals surface area (Å²) in [7, 11) is 0. The van der Waals surface area contributed by atoms with Crippen LogP contribution in [0.2, 0.25) is 0 Å². The molecule has 1 aromatic rings. The molecule has 2 unspecified atom stereocenters. The first-order valence-electron chi connectivity index (χ1n) is 6.90. The van der Waals surface area contributed by atoms with Gasteiger partial charge in [-0.1, -0.05) is 19.4 Å². The molecule has 0 aromatic heterocycles. The Hall–Kier alpha value is -1.17. The van der Waals surface area contributed by atoms with Crippen molar-refractivity contribution < 1.29 is 24.1 Å². The van der Waals surface area contributed by atoms with Crippen LogP contribution in [0.15, 0.2) is 18.2 Å². The van der Waals surface area contributed by atoms with Gasteiger partial charge in [0.25, 0.3) is 0 Å². The number of hydrogen-bond acceptors (Lipinski definition) is 4. The summed E-state index contributed by atoms with van der Waals surface area (Å²) < 4.78 is 24.1. The van der Waals surface area contributed by atoms with Crippen LogP contribution in [0.3, 0.4) is 0 Å². The summed E-state index contributed by atoms with van der Waals surface area (Å²) in [5.41, 5.74) is 0.485. The minimum absolute atomic E-state index is 0.0307. The van der Waals surface area contributed by atoms with Crippen LogP contribution >= 0.6 is 0 Å². The lowest BCUT2D eigenvalue weighted by Gasteiger charge is -2.14. The van der Waals surface area contributed by atoms with E-state index >= 15 is 0 Å². The van der Waals surface area contributed by atoms with Crippen LogP contribution in [-0.2, 0) is 4.74 Å². The van der Waals surface area contributed by atoms with E-state index in [4.69, 9.17) is 9.47 Å². The number of benzene rings is 1. The summed E-state index contributed by atoms with van der Waals surface area (Å²) in [5.74, 6) is -0.496. The van der Waals surface area contributed by atoms with Gasteiger partial charge >= 0.3 is 0 Å². The van der Waals surface area contributed by atoms with Crippen LogP contribution in [-0.4, -0.2) is 36.1 Å². The Morgan fingerprint density at radius 2 is 2.00 bits per heavy atom. The summed E-state index contributed by atoms with van der Waals surface area (Å²) in [5, 5.41) is 19.0. The third-order valence-electron chi connectivity index (χ3n) is 2.82. The lowest BCUT2D eigenvalue weighted by atomic mass is 10.1. The maximum absolute atomic E-state index is 13.7. The van der Waals surface area contributed by atoms with Crippen LogP contribution in [0.4, 0.5) is 4.39 Å². The molecule has 0 amide bonds. The van der Waals surface area contributed by atoms with E-state index < -0.39 is 18.0 Å². The summed E-state index contributed by atoms with van der Waals surface area (Å²) in [6.07, 6.45) is 0.468. The monoisotopic (exact) mass is 286 g/mol. The summed E-state index contributed by atoms with van der Waals surface area (Å²) >= 11 is 0. The van der Waals surface area contributed by atoms with Gasteiger partial charge in [-0.2, -0.15) is 0 Å². The van der Waals surface area contributed by atoms with Gasteiger partial charge in [0.2, 0.25) is 0 Å². The smallest absolute Gasteiger partial charge is 0.165 e. The van der Waals surface area contributed by atoms with Crippen LogP contribution in [0.1, 0.15) is 38.4 Å². The van der Waals surface area contributed by atoms with Crippen molar-refractivity contribution in [3.8, 4) is 5.75 Å². The van der Waals surface area contributed by atoms with Gasteiger partial charge in [-0.05, 0) is 31.0 Å². The highest BCUT2D eigenvalue weighted by molar-refractivity contribution is 5.30. The Kier molecular flexibility index (Phi) is 7.51. The van der Waals surface area contributed by atoms with Gasteiger partial charge in [0.05, 0.1) is 12.7 Å². The van der Waals surface area contributed by atoms with Gasteiger partial charge in [-0.15, -0.1) is 0 Å². The molecule has 0 heterocycles. The molecule has 114 valence electrons. The number of ether oxygens (including phenoxy) is 2. The van der Waals surface area contributed by atoms with Crippen molar-refractivity contribution in [1.82, 2.24) is 0 Å². The normalized spacial score (nSPS) is 14.1. The number of aliphatic hydroxyl groups excluding tert-OH is 2. The molecule has 0 spiro atoms. The van der Waals surface area contributed by atoms with E-state index in [-0.39, 0.29) is 19.0 Å². The second-order valence-corrected chi connectivity index (χ2v) is 4.76. The number of halogens is 1. The van der Waals surface area contributed by atoms with Crippen molar-refractivity contribution in [2.45, 2.75) is 38.9 Å². The molecule has 0 saturated heterocycles. The molecule has 2 N–H and O–H groups in total. The molecule has 5 heteroatoms. The molecule has 20 heavy (non-hydrogen) atoms. The molecule has 0 aliphatic heterocycles.